The molecule has 0 radical (unpaired) electrons. The molecule has 1 aliphatic heterocycles. The molecular formula is C20H26N2O2S. The van der Waals surface area contributed by atoms with Crippen LogP contribution in [0.3, 0.4) is 0 Å². The summed E-state index contributed by atoms with van der Waals surface area (Å²) >= 11 is 0. The Balaban J connectivity index is 1.79. The highest BCUT2D eigenvalue weighted by Gasteiger charge is 2.36. The Kier molecular flexibility index (Phi) is 5.27. The van der Waals surface area contributed by atoms with E-state index in [1.54, 1.807) is 16.4 Å². The summed E-state index contributed by atoms with van der Waals surface area (Å²) in [6.45, 7) is 7.96. The molecule has 0 saturated carbocycles. The van der Waals surface area contributed by atoms with Gasteiger partial charge >= 0.3 is 0 Å². The van der Waals surface area contributed by atoms with Crippen LogP contribution in [0.15, 0.2) is 59.5 Å². The van der Waals surface area contributed by atoms with Gasteiger partial charge in [-0.1, -0.05) is 48.5 Å². The summed E-state index contributed by atoms with van der Waals surface area (Å²) < 4.78 is 27.8. The van der Waals surface area contributed by atoms with Crippen molar-refractivity contribution in [1.29, 1.82) is 0 Å². The molecule has 25 heavy (non-hydrogen) atoms. The summed E-state index contributed by atoms with van der Waals surface area (Å²) in [6.07, 6.45) is 0. The molecule has 5 heteroatoms. The Morgan fingerprint density at radius 3 is 2.08 bits per heavy atom. The number of sulfonamides is 1. The second-order valence-electron chi connectivity index (χ2n) is 6.94. The molecule has 3 rings (SSSR count). The van der Waals surface area contributed by atoms with Gasteiger partial charge in [-0.25, -0.2) is 8.42 Å². The molecular weight excluding hydrogens is 332 g/mol. The standard InChI is InChI=1S/C20H26N2O2S/c1-16-9-7-8-12-20(16)25(23,24)21-13-17(2)22(18(3)14-21)15-19-10-5-4-6-11-19/h4-12,17-18H,13-15H2,1-3H3. The van der Waals surface area contributed by atoms with Crippen LogP contribution in [0.5, 0.6) is 0 Å². The molecule has 0 aliphatic carbocycles. The molecule has 1 heterocycles. The minimum atomic E-state index is -3.45. The third-order valence-electron chi connectivity index (χ3n) is 4.99. The fourth-order valence-corrected chi connectivity index (χ4v) is 5.42. The molecule has 4 nitrogen and oxygen atoms in total. The van der Waals surface area contributed by atoms with Gasteiger partial charge in [0.15, 0.2) is 0 Å². The molecule has 2 aromatic rings. The second-order valence-corrected chi connectivity index (χ2v) is 8.85. The highest BCUT2D eigenvalue weighted by Crippen LogP contribution is 2.26. The van der Waals surface area contributed by atoms with E-state index in [1.807, 2.05) is 37.3 Å². The van der Waals surface area contributed by atoms with Gasteiger partial charge in [0.25, 0.3) is 0 Å². The van der Waals surface area contributed by atoms with Crippen LogP contribution in [-0.2, 0) is 16.6 Å². The summed E-state index contributed by atoms with van der Waals surface area (Å²) in [4.78, 5) is 2.81. The average Bonchev–Trinajstić information content (AvgIpc) is 2.59. The number of nitrogens with zero attached hydrogens (tertiary/aromatic N) is 2. The van der Waals surface area contributed by atoms with Crippen LogP contribution in [0.25, 0.3) is 0 Å². The van der Waals surface area contributed by atoms with Gasteiger partial charge in [0.2, 0.25) is 10.0 Å². The van der Waals surface area contributed by atoms with Crippen molar-refractivity contribution < 1.29 is 8.42 Å². The molecule has 0 aromatic heterocycles. The molecule has 2 unspecified atom stereocenters. The van der Waals surface area contributed by atoms with E-state index in [1.165, 1.54) is 5.56 Å². The van der Waals surface area contributed by atoms with Gasteiger partial charge in [-0.15, -0.1) is 0 Å². The van der Waals surface area contributed by atoms with Crippen LogP contribution in [-0.4, -0.2) is 42.8 Å². The first-order valence-electron chi connectivity index (χ1n) is 8.75. The number of piperazine rings is 1. The van der Waals surface area contributed by atoms with E-state index in [-0.39, 0.29) is 12.1 Å². The Bertz CT molecular complexity index is 809. The van der Waals surface area contributed by atoms with E-state index >= 15 is 0 Å². The van der Waals surface area contributed by atoms with Crippen molar-refractivity contribution in [2.75, 3.05) is 13.1 Å². The van der Waals surface area contributed by atoms with E-state index in [9.17, 15) is 8.42 Å². The average molecular weight is 359 g/mol. The molecule has 0 spiro atoms. The van der Waals surface area contributed by atoms with Crippen LogP contribution < -0.4 is 0 Å². The summed E-state index contributed by atoms with van der Waals surface area (Å²) in [5.74, 6) is 0. The summed E-state index contributed by atoms with van der Waals surface area (Å²) in [5.41, 5.74) is 2.06. The first-order chi connectivity index (χ1) is 11.9. The molecule has 2 aromatic carbocycles. The largest absolute Gasteiger partial charge is 0.291 e. The van der Waals surface area contributed by atoms with Crippen molar-refractivity contribution in [1.82, 2.24) is 9.21 Å². The smallest absolute Gasteiger partial charge is 0.243 e. The van der Waals surface area contributed by atoms with Crippen molar-refractivity contribution in [3.05, 3.63) is 65.7 Å². The minimum absolute atomic E-state index is 0.169. The lowest BCUT2D eigenvalue weighted by atomic mass is 10.1. The lowest BCUT2D eigenvalue weighted by molar-refractivity contribution is 0.0698. The quantitative estimate of drug-likeness (QED) is 0.842. The number of hydrogen-bond donors (Lipinski definition) is 0. The molecule has 1 fully saturated rings. The van der Waals surface area contributed by atoms with Crippen molar-refractivity contribution in [2.45, 2.75) is 44.3 Å². The third kappa shape index (κ3) is 3.78. The maximum Gasteiger partial charge on any atom is 0.243 e. The maximum absolute atomic E-state index is 13.1. The van der Waals surface area contributed by atoms with Crippen LogP contribution in [0.2, 0.25) is 0 Å². The van der Waals surface area contributed by atoms with Gasteiger partial charge in [0, 0.05) is 31.7 Å². The van der Waals surface area contributed by atoms with Gasteiger partial charge in [-0.3, -0.25) is 4.90 Å². The van der Waals surface area contributed by atoms with Gasteiger partial charge in [0.1, 0.15) is 0 Å². The fraction of sp³-hybridized carbons (Fsp3) is 0.400. The molecule has 1 saturated heterocycles. The minimum Gasteiger partial charge on any atom is -0.291 e. The second kappa shape index (κ2) is 7.28. The summed E-state index contributed by atoms with van der Waals surface area (Å²) in [7, 11) is -3.45. The molecule has 2 atom stereocenters. The first kappa shape index (κ1) is 18.1. The van der Waals surface area contributed by atoms with Crippen LogP contribution >= 0.6 is 0 Å². The van der Waals surface area contributed by atoms with E-state index in [2.05, 4.69) is 30.9 Å². The Morgan fingerprint density at radius 1 is 0.920 bits per heavy atom. The van der Waals surface area contributed by atoms with Gasteiger partial charge in [-0.2, -0.15) is 4.31 Å². The molecule has 134 valence electrons. The number of benzene rings is 2. The van der Waals surface area contributed by atoms with Gasteiger partial charge < -0.3 is 0 Å². The monoisotopic (exact) mass is 358 g/mol. The number of rotatable bonds is 4. The Labute approximate surface area is 151 Å². The lowest BCUT2D eigenvalue weighted by Gasteiger charge is -2.44. The molecule has 0 N–H and O–H groups in total. The zero-order chi connectivity index (χ0) is 18.0. The van der Waals surface area contributed by atoms with Crippen molar-refractivity contribution in [3.8, 4) is 0 Å². The van der Waals surface area contributed by atoms with E-state index in [4.69, 9.17) is 0 Å². The van der Waals surface area contributed by atoms with Crippen LogP contribution in [0.4, 0.5) is 0 Å². The fourth-order valence-electron chi connectivity index (χ4n) is 3.60. The van der Waals surface area contributed by atoms with Crippen molar-refractivity contribution in [2.24, 2.45) is 0 Å². The summed E-state index contributed by atoms with van der Waals surface area (Å²) in [6, 6.07) is 17.9. The zero-order valence-electron chi connectivity index (χ0n) is 15.1. The molecule has 0 amide bonds. The number of hydrogen-bond acceptors (Lipinski definition) is 3. The van der Waals surface area contributed by atoms with Gasteiger partial charge in [0.05, 0.1) is 4.90 Å². The Hall–Kier alpha value is -1.69. The zero-order valence-corrected chi connectivity index (χ0v) is 15.9. The molecule has 0 bridgehead atoms. The normalized spacial score (nSPS) is 22.8. The highest BCUT2D eigenvalue weighted by molar-refractivity contribution is 7.89. The third-order valence-corrected chi connectivity index (χ3v) is 6.98. The van der Waals surface area contributed by atoms with E-state index in [0.717, 1.165) is 12.1 Å². The predicted octanol–water partition coefficient (Wildman–Crippen LogP) is 3.28. The Morgan fingerprint density at radius 2 is 1.48 bits per heavy atom. The van der Waals surface area contributed by atoms with Crippen LogP contribution in [0, 0.1) is 6.92 Å². The van der Waals surface area contributed by atoms with E-state index in [0.29, 0.717) is 18.0 Å². The SMILES string of the molecule is Cc1ccccc1S(=O)(=O)N1CC(C)N(Cc2ccccc2)C(C)C1. The predicted molar refractivity (Wildman–Crippen MR) is 101 cm³/mol. The lowest BCUT2D eigenvalue weighted by Crippen LogP contribution is -2.57. The van der Waals surface area contributed by atoms with Crippen LogP contribution in [0.1, 0.15) is 25.0 Å². The summed E-state index contributed by atoms with van der Waals surface area (Å²) in [5, 5.41) is 0. The number of aryl methyl sites for hydroxylation is 1. The van der Waals surface area contributed by atoms with Crippen molar-refractivity contribution in [3.63, 3.8) is 0 Å². The van der Waals surface area contributed by atoms with E-state index < -0.39 is 10.0 Å². The molecule has 1 aliphatic rings. The topological polar surface area (TPSA) is 40.6 Å². The maximum atomic E-state index is 13.1. The first-order valence-corrected chi connectivity index (χ1v) is 10.2. The highest BCUT2D eigenvalue weighted by atomic mass is 32.2. The van der Waals surface area contributed by atoms with Crippen molar-refractivity contribution >= 4 is 10.0 Å². The van der Waals surface area contributed by atoms with Gasteiger partial charge in [-0.05, 0) is 38.0 Å².